The second-order valence-electron chi connectivity index (χ2n) is 7.58. The van der Waals surface area contributed by atoms with E-state index < -0.39 is 0 Å². The zero-order chi connectivity index (χ0) is 20.2. The average Bonchev–Trinajstić information content (AvgIpc) is 2.72. The molecule has 4 rings (SSSR count). The summed E-state index contributed by atoms with van der Waals surface area (Å²) in [5.74, 6) is 0.910. The van der Waals surface area contributed by atoms with Gasteiger partial charge in [0, 0.05) is 25.2 Å². The van der Waals surface area contributed by atoms with Gasteiger partial charge in [0.2, 0.25) is 5.91 Å². The molecule has 152 valence electrons. The van der Waals surface area contributed by atoms with Crippen LogP contribution in [0.4, 0.5) is 5.82 Å². The van der Waals surface area contributed by atoms with Crippen molar-refractivity contribution in [1.82, 2.24) is 9.88 Å². The van der Waals surface area contributed by atoms with Crippen LogP contribution in [0.25, 0.3) is 0 Å². The third-order valence-electron chi connectivity index (χ3n) is 5.59. The predicted molar refractivity (Wildman–Crippen MR) is 111 cm³/mol. The fourth-order valence-corrected chi connectivity index (χ4v) is 3.72. The van der Waals surface area contributed by atoms with E-state index in [4.69, 9.17) is 16.3 Å². The summed E-state index contributed by atoms with van der Waals surface area (Å²) in [6, 6.07) is 10.8. The van der Waals surface area contributed by atoms with E-state index in [0.29, 0.717) is 48.1 Å². The van der Waals surface area contributed by atoms with Crippen LogP contribution in [0.15, 0.2) is 42.6 Å². The van der Waals surface area contributed by atoms with Gasteiger partial charge in [-0.2, -0.15) is 0 Å². The minimum Gasteiger partial charge on any atom is -0.490 e. The largest absolute Gasteiger partial charge is 0.490 e. The van der Waals surface area contributed by atoms with Crippen LogP contribution in [0, 0.1) is 5.92 Å². The number of para-hydroxylation sites is 1. The van der Waals surface area contributed by atoms with Gasteiger partial charge in [-0.05, 0) is 56.4 Å². The van der Waals surface area contributed by atoms with Gasteiger partial charge in [0.1, 0.15) is 11.6 Å². The normalized spacial score (nSPS) is 17.5. The quantitative estimate of drug-likeness (QED) is 0.799. The van der Waals surface area contributed by atoms with Gasteiger partial charge in [-0.15, -0.1) is 0 Å². The van der Waals surface area contributed by atoms with Crippen molar-refractivity contribution in [3.63, 3.8) is 0 Å². The summed E-state index contributed by atoms with van der Waals surface area (Å²) < 4.78 is 6.00. The molecule has 1 aromatic heterocycles. The topological polar surface area (TPSA) is 71.5 Å². The number of piperidine rings is 1. The number of nitrogens with one attached hydrogen (secondary N) is 1. The van der Waals surface area contributed by atoms with Crippen molar-refractivity contribution in [2.75, 3.05) is 18.4 Å². The Bertz CT molecular complexity index is 875. The van der Waals surface area contributed by atoms with Gasteiger partial charge < -0.3 is 15.0 Å². The molecular formula is C22H24ClN3O3. The fraction of sp³-hybridized carbons (Fsp3) is 0.409. The molecule has 1 aliphatic heterocycles. The van der Waals surface area contributed by atoms with E-state index in [1.165, 1.54) is 12.6 Å². The van der Waals surface area contributed by atoms with E-state index in [0.717, 1.165) is 12.8 Å². The number of carbonyl (C=O) groups is 2. The molecule has 2 aliphatic rings. The van der Waals surface area contributed by atoms with Crippen LogP contribution in [-0.2, 0) is 4.79 Å². The molecule has 2 amide bonds. The number of nitrogens with zero attached hydrogens (tertiary/aromatic N) is 2. The molecule has 1 aromatic carbocycles. The van der Waals surface area contributed by atoms with Crippen molar-refractivity contribution < 1.29 is 14.3 Å². The molecule has 1 aliphatic carbocycles. The van der Waals surface area contributed by atoms with Crippen molar-refractivity contribution in [2.45, 2.75) is 38.2 Å². The Hall–Kier alpha value is -2.60. The molecule has 0 spiro atoms. The molecule has 0 atom stereocenters. The van der Waals surface area contributed by atoms with E-state index in [9.17, 15) is 9.59 Å². The average molecular weight is 414 g/mol. The Labute approximate surface area is 175 Å². The maximum atomic E-state index is 13.0. The number of likely N-dealkylation sites (tertiary alicyclic amines) is 1. The third kappa shape index (κ3) is 4.70. The summed E-state index contributed by atoms with van der Waals surface area (Å²) in [5.41, 5.74) is 0.604. The van der Waals surface area contributed by atoms with E-state index in [1.54, 1.807) is 12.1 Å². The Balaban J connectivity index is 1.34. The summed E-state index contributed by atoms with van der Waals surface area (Å²) >= 11 is 5.82. The van der Waals surface area contributed by atoms with E-state index in [1.807, 2.05) is 29.2 Å². The van der Waals surface area contributed by atoms with Crippen LogP contribution in [0.2, 0.25) is 5.02 Å². The maximum absolute atomic E-state index is 13.0. The lowest BCUT2D eigenvalue weighted by molar-refractivity contribution is -0.121. The van der Waals surface area contributed by atoms with Crippen LogP contribution >= 0.6 is 11.6 Å². The minimum absolute atomic E-state index is 0.0295. The highest BCUT2D eigenvalue weighted by atomic mass is 35.5. The zero-order valence-corrected chi connectivity index (χ0v) is 16.9. The lowest BCUT2D eigenvalue weighted by atomic mass is 9.95. The Morgan fingerprint density at radius 3 is 2.48 bits per heavy atom. The molecule has 29 heavy (non-hydrogen) atoms. The molecule has 1 saturated heterocycles. The van der Waals surface area contributed by atoms with Crippen LogP contribution in [-0.4, -0.2) is 40.9 Å². The van der Waals surface area contributed by atoms with Crippen molar-refractivity contribution in [2.24, 2.45) is 5.92 Å². The van der Waals surface area contributed by atoms with Gasteiger partial charge in [0.05, 0.1) is 16.7 Å². The number of aromatic nitrogens is 1. The summed E-state index contributed by atoms with van der Waals surface area (Å²) in [5, 5.41) is 3.35. The number of benzene rings is 1. The molecule has 2 fully saturated rings. The number of halogens is 1. The number of rotatable bonds is 5. The third-order valence-corrected chi connectivity index (χ3v) is 5.82. The molecule has 0 bridgehead atoms. The highest BCUT2D eigenvalue weighted by Crippen LogP contribution is 2.29. The van der Waals surface area contributed by atoms with Gasteiger partial charge in [-0.25, -0.2) is 4.98 Å². The van der Waals surface area contributed by atoms with Gasteiger partial charge >= 0.3 is 0 Å². The van der Waals surface area contributed by atoms with Gasteiger partial charge in [-0.3, -0.25) is 9.59 Å². The number of amides is 2. The molecule has 2 heterocycles. The van der Waals surface area contributed by atoms with E-state index in [2.05, 4.69) is 10.3 Å². The fourth-order valence-electron chi connectivity index (χ4n) is 3.61. The Morgan fingerprint density at radius 1 is 1.07 bits per heavy atom. The van der Waals surface area contributed by atoms with Crippen molar-refractivity contribution in [3.05, 3.63) is 53.2 Å². The van der Waals surface area contributed by atoms with Crippen LogP contribution in [0.5, 0.6) is 5.75 Å². The first kappa shape index (κ1) is 19.7. The Morgan fingerprint density at radius 2 is 1.83 bits per heavy atom. The highest BCUT2D eigenvalue weighted by Gasteiger charge is 2.30. The first-order valence-corrected chi connectivity index (χ1v) is 10.5. The lowest BCUT2D eigenvalue weighted by Gasteiger charge is -2.32. The van der Waals surface area contributed by atoms with Crippen molar-refractivity contribution in [1.29, 1.82) is 0 Å². The lowest BCUT2D eigenvalue weighted by Crippen LogP contribution is -2.41. The standard InChI is InChI=1S/C22H24ClN3O3/c23-16-8-9-20(24-14-16)25-21(27)15-10-12-26(13-11-15)22(28)18-6-1-2-7-19(18)29-17-4-3-5-17/h1-2,6-9,14-15,17H,3-5,10-13H2,(H,24,25,27). The number of hydrogen-bond acceptors (Lipinski definition) is 4. The zero-order valence-electron chi connectivity index (χ0n) is 16.1. The molecule has 0 unspecified atom stereocenters. The van der Waals surface area contributed by atoms with Crippen molar-refractivity contribution in [3.8, 4) is 5.75 Å². The number of carbonyl (C=O) groups excluding carboxylic acids is 2. The Kier molecular flexibility index (Phi) is 6.00. The molecule has 6 nitrogen and oxygen atoms in total. The first-order valence-electron chi connectivity index (χ1n) is 10.1. The molecule has 1 N–H and O–H groups in total. The maximum Gasteiger partial charge on any atom is 0.257 e. The smallest absolute Gasteiger partial charge is 0.257 e. The molecule has 1 saturated carbocycles. The van der Waals surface area contributed by atoms with Crippen LogP contribution in [0.3, 0.4) is 0 Å². The second kappa shape index (κ2) is 8.82. The van der Waals surface area contributed by atoms with Crippen molar-refractivity contribution >= 4 is 29.2 Å². The number of pyridine rings is 1. The minimum atomic E-state index is -0.141. The second-order valence-corrected chi connectivity index (χ2v) is 8.02. The highest BCUT2D eigenvalue weighted by molar-refractivity contribution is 6.30. The molecular weight excluding hydrogens is 390 g/mol. The predicted octanol–water partition coefficient (Wildman–Crippen LogP) is 4.16. The monoisotopic (exact) mass is 413 g/mol. The summed E-state index contributed by atoms with van der Waals surface area (Å²) in [6.45, 7) is 1.09. The first-order chi connectivity index (χ1) is 14.1. The van der Waals surface area contributed by atoms with Gasteiger partial charge in [-0.1, -0.05) is 23.7 Å². The summed E-state index contributed by atoms with van der Waals surface area (Å²) in [4.78, 5) is 31.4. The number of ether oxygens (including phenoxy) is 1. The van der Waals surface area contributed by atoms with E-state index >= 15 is 0 Å². The molecule has 2 aromatic rings. The molecule has 7 heteroatoms. The summed E-state index contributed by atoms with van der Waals surface area (Å²) in [7, 11) is 0. The number of hydrogen-bond donors (Lipinski definition) is 1. The molecule has 0 radical (unpaired) electrons. The van der Waals surface area contributed by atoms with Gasteiger partial charge in [0.15, 0.2) is 0 Å². The van der Waals surface area contributed by atoms with Crippen LogP contribution < -0.4 is 10.1 Å². The van der Waals surface area contributed by atoms with E-state index in [-0.39, 0.29) is 23.8 Å². The SMILES string of the molecule is O=C(Nc1ccc(Cl)cn1)C1CCN(C(=O)c2ccccc2OC2CCC2)CC1. The summed E-state index contributed by atoms with van der Waals surface area (Å²) in [6.07, 6.45) is 6.24. The van der Waals surface area contributed by atoms with Gasteiger partial charge in [0.25, 0.3) is 5.91 Å². The number of anilines is 1. The van der Waals surface area contributed by atoms with Crippen LogP contribution in [0.1, 0.15) is 42.5 Å².